The molecule has 0 amide bonds. The highest BCUT2D eigenvalue weighted by Crippen LogP contribution is 2.35. The average Bonchev–Trinajstić information content (AvgIpc) is 3.34. The first-order valence-electron chi connectivity index (χ1n) is 14.3. The molecule has 11 nitrogen and oxygen atoms in total. The molecule has 0 radical (unpaired) electrons. The lowest BCUT2D eigenvalue weighted by Gasteiger charge is -2.25. The van der Waals surface area contributed by atoms with E-state index in [1.54, 1.807) is 72.8 Å². The summed E-state index contributed by atoms with van der Waals surface area (Å²) in [5.41, 5.74) is 2.26. The van der Waals surface area contributed by atoms with E-state index >= 15 is 0 Å². The molecule has 1 aromatic heterocycles. The molecule has 232 valence electrons. The monoisotopic (exact) mass is 612 g/mol. The van der Waals surface area contributed by atoms with Gasteiger partial charge in [0.1, 0.15) is 12.7 Å². The number of rotatable bonds is 8. The Labute approximate surface area is 258 Å². The van der Waals surface area contributed by atoms with Gasteiger partial charge in [0.05, 0.1) is 16.7 Å². The third-order valence-electron chi connectivity index (χ3n) is 7.43. The number of aromatic nitrogens is 2. The third-order valence-corrected chi connectivity index (χ3v) is 7.43. The van der Waals surface area contributed by atoms with E-state index in [1.807, 2.05) is 20.8 Å². The first-order valence-corrected chi connectivity index (χ1v) is 14.3. The van der Waals surface area contributed by atoms with Gasteiger partial charge in [0.15, 0.2) is 18.4 Å². The number of carbonyl (C=O) groups excluding carboxylic acids is 3. The molecule has 3 aromatic carbocycles. The van der Waals surface area contributed by atoms with Gasteiger partial charge in [-0.1, -0.05) is 53.1 Å². The number of H-pyrrole nitrogens is 1. The molecule has 5 rings (SSSR count). The second-order valence-corrected chi connectivity index (χ2v) is 11.0. The molecule has 0 spiro atoms. The van der Waals surface area contributed by atoms with Crippen LogP contribution in [0.4, 0.5) is 0 Å². The quantitative estimate of drug-likeness (QED) is 0.231. The van der Waals surface area contributed by atoms with Crippen LogP contribution in [0.2, 0.25) is 0 Å². The van der Waals surface area contributed by atoms with Gasteiger partial charge in [-0.25, -0.2) is 19.2 Å². The van der Waals surface area contributed by atoms with Crippen LogP contribution in [0.3, 0.4) is 0 Å². The van der Waals surface area contributed by atoms with E-state index in [1.165, 1.54) is 13.1 Å². The smallest absolute Gasteiger partial charge is 0.338 e. The highest BCUT2D eigenvalue weighted by Gasteiger charge is 2.51. The van der Waals surface area contributed by atoms with Crippen LogP contribution in [-0.4, -0.2) is 52.4 Å². The zero-order valence-electron chi connectivity index (χ0n) is 25.1. The average molecular weight is 613 g/mol. The molecule has 0 aliphatic carbocycles. The summed E-state index contributed by atoms with van der Waals surface area (Å²) in [5.74, 6) is -2.17. The maximum atomic E-state index is 13.4. The van der Waals surface area contributed by atoms with E-state index in [-0.39, 0.29) is 22.3 Å². The minimum atomic E-state index is -1.39. The highest BCUT2D eigenvalue weighted by molar-refractivity contribution is 5.91. The van der Waals surface area contributed by atoms with Crippen molar-refractivity contribution in [1.29, 1.82) is 0 Å². The predicted octanol–water partition coefficient (Wildman–Crippen LogP) is 3.98. The number of benzene rings is 3. The number of esters is 3. The fourth-order valence-corrected chi connectivity index (χ4v) is 4.80. The predicted molar refractivity (Wildman–Crippen MR) is 162 cm³/mol. The summed E-state index contributed by atoms with van der Waals surface area (Å²) in [6.45, 7) is 6.70. The third kappa shape index (κ3) is 7.10. The van der Waals surface area contributed by atoms with Crippen molar-refractivity contribution in [3.05, 3.63) is 139 Å². The molecule has 11 heteroatoms. The SMILES string of the molecule is Cc1ccc(C(=O)OC[C@@H]2O[C@H](n3cc(C)c(=O)[nH]c3=O)[C@H](OC(=O)c3ccc(C)cc3)[C@H]2OC(=O)c2ccc(C)cc2)cc1. The molecule has 1 aliphatic rings. The van der Waals surface area contributed by atoms with Gasteiger partial charge in [-0.15, -0.1) is 0 Å². The van der Waals surface area contributed by atoms with Gasteiger partial charge in [0, 0.05) is 11.8 Å². The summed E-state index contributed by atoms with van der Waals surface area (Å²) < 4.78 is 24.6. The topological polar surface area (TPSA) is 143 Å². The molecule has 1 N–H and O–H groups in total. The molecule has 45 heavy (non-hydrogen) atoms. The Balaban J connectivity index is 1.52. The Hall–Kier alpha value is -5.29. The van der Waals surface area contributed by atoms with Crippen molar-refractivity contribution in [2.24, 2.45) is 0 Å². The lowest BCUT2D eigenvalue weighted by molar-refractivity contribution is -0.0640. The number of ether oxygens (including phenoxy) is 4. The molecule has 0 bridgehead atoms. The Morgan fingerprint density at radius 3 is 1.62 bits per heavy atom. The normalized spacial score (nSPS) is 19.1. The Kier molecular flexibility index (Phi) is 9.10. The van der Waals surface area contributed by atoms with Crippen LogP contribution >= 0.6 is 0 Å². The van der Waals surface area contributed by atoms with Crippen LogP contribution < -0.4 is 11.2 Å². The van der Waals surface area contributed by atoms with E-state index in [0.29, 0.717) is 0 Å². The number of hydrogen-bond acceptors (Lipinski definition) is 9. The number of nitrogens with one attached hydrogen (secondary N) is 1. The first kappa shape index (κ1) is 31.1. The molecule has 2 heterocycles. The zero-order chi connectivity index (χ0) is 32.2. The molecule has 0 saturated carbocycles. The second kappa shape index (κ2) is 13.1. The lowest BCUT2D eigenvalue weighted by atomic mass is 10.1. The summed E-state index contributed by atoms with van der Waals surface area (Å²) in [4.78, 5) is 66.9. The maximum absolute atomic E-state index is 13.4. The van der Waals surface area contributed by atoms with E-state index in [0.717, 1.165) is 21.3 Å². The minimum absolute atomic E-state index is 0.185. The summed E-state index contributed by atoms with van der Waals surface area (Å²) in [6.07, 6.45) is -3.99. The molecule has 4 aromatic rings. The van der Waals surface area contributed by atoms with Crippen LogP contribution in [0.25, 0.3) is 0 Å². The lowest BCUT2D eigenvalue weighted by Crippen LogP contribution is -2.43. The number of nitrogens with zero attached hydrogens (tertiary/aromatic N) is 1. The Morgan fingerprint density at radius 2 is 1.13 bits per heavy atom. The molecular formula is C34H32N2O9. The molecule has 1 fully saturated rings. The van der Waals surface area contributed by atoms with E-state index in [4.69, 9.17) is 18.9 Å². The van der Waals surface area contributed by atoms with Crippen molar-refractivity contribution in [3.8, 4) is 0 Å². The van der Waals surface area contributed by atoms with Crippen LogP contribution in [0.15, 0.2) is 88.6 Å². The van der Waals surface area contributed by atoms with Crippen molar-refractivity contribution in [2.45, 2.75) is 52.2 Å². The van der Waals surface area contributed by atoms with Gasteiger partial charge in [0.25, 0.3) is 5.56 Å². The molecular weight excluding hydrogens is 580 g/mol. The highest BCUT2D eigenvalue weighted by atomic mass is 16.7. The van der Waals surface area contributed by atoms with Gasteiger partial charge in [-0.05, 0) is 64.1 Å². The fraction of sp³-hybridized carbons (Fsp3) is 0.265. The van der Waals surface area contributed by atoms with Crippen LogP contribution in [0.5, 0.6) is 0 Å². The number of carbonyl (C=O) groups is 3. The van der Waals surface area contributed by atoms with Gasteiger partial charge in [0.2, 0.25) is 0 Å². The minimum Gasteiger partial charge on any atom is -0.459 e. The van der Waals surface area contributed by atoms with Gasteiger partial charge < -0.3 is 18.9 Å². The van der Waals surface area contributed by atoms with Crippen molar-refractivity contribution in [2.75, 3.05) is 6.61 Å². The number of aromatic amines is 1. The van der Waals surface area contributed by atoms with Crippen LogP contribution in [0.1, 0.15) is 59.6 Å². The first-order chi connectivity index (χ1) is 21.5. The maximum Gasteiger partial charge on any atom is 0.338 e. The van der Waals surface area contributed by atoms with Crippen molar-refractivity contribution >= 4 is 17.9 Å². The number of aryl methyl sites for hydroxylation is 4. The van der Waals surface area contributed by atoms with Gasteiger partial charge in [-0.2, -0.15) is 0 Å². The Morgan fingerprint density at radius 1 is 0.689 bits per heavy atom. The molecule has 1 saturated heterocycles. The standard InChI is InChI=1S/C34H32N2O9/c1-19-5-11-23(12-6-19)31(38)42-18-26-27(44-32(39)24-13-7-20(2)8-14-24)28(45-33(40)25-15-9-21(3)10-16-25)30(43-26)36-17-22(4)29(37)35-34(36)41/h5-17,26-28,30H,18H2,1-4H3,(H,35,37,41)/t26-,27-,28+,30-/m0/s1. The largest absolute Gasteiger partial charge is 0.459 e. The van der Waals surface area contributed by atoms with Crippen molar-refractivity contribution < 1.29 is 33.3 Å². The van der Waals surface area contributed by atoms with E-state index in [9.17, 15) is 24.0 Å². The molecule has 1 aliphatic heterocycles. The van der Waals surface area contributed by atoms with Crippen molar-refractivity contribution in [3.63, 3.8) is 0 Å². The summed E-state index contributed by atoms with van der Waals surface area (Å²) in [6, 6.07) is 20.0. The van der Waals surface area contributed by atoms with Gasteiger partial charge >= 0.3 is 23.6 Å². The summed E-state index contributed by atoms with van der Waals surface area (Å²) in [7, 11) is 0. The second-order valence-electron chi connectivity index (χ2n) is 11.0. The van der Waals surface area contributed by atoms with Gasteiger partial charge in [-0.3, -0.25) is 14.3 Å². The van der Waals surface area contributed by atoms with Crippen LogP contribution in [-0.2, 0) is 18.9 Å². The van der Waals surface area contributed by atoms with Crippen molar-refractivity contribution in [1.82, 2.24) is 9.55 Å². The Bertz CT molecular complexity index is 1820. The summed E-state index contributed by atoms with van der Waals surface area (Å²) in [5, 5.41) is 0. The van der Waals surface area contributed by atoms with E-state index in [2.05, 4.69) is 4.98 Å². The number of hydrogen-bond donors (Lipinski definition) is 1. The van der Waals surface area contributed by atoms with E-state index < -0.39 is 60.3 Å². The fourth-order valence-electron chi connectivity index (χ4n) is 4.80. The molecule has 0 unspecified atom stereocenters. The van der Waals surface area contributed by atoms with Crippen LogP contribution in [0, 0.1) is 27.7 Å². The molecule has 4 atom stereocenters. The zero-order valence-corrected chi connectivity index (χ0v) is 25.1. The summed E-state index contributed by atoms with van der Waals surface area (Å²) >= 11 is 0.